The second-order valence-electron chi connectivity index (χ2n) is 4.47. The van der Waals surface area contributed by atoms with Crippen LogP contribution in [0.1, 0.15) is 17.2 Å². The number of nitrogens with zero attached hydrogens (tertiary/aromatic N) is 2. The van der Waals surface area contributed by atoms with Gasteiger partial charge in [-0.05, 0) is 30.7 Å². The Morgan fingerprint density at radius 2 is 2.24 bits per heavy atom. The Bertz CT molecular complexity index is 543. The summed E-state index contributed by atoms with van der Waals surface area (Å²) in [5.41, 5.74) is 3.13. The molecule has 1 aromatic carbocycles. The Hall–Kier alpha value is -1.68. The van der Waals surface area contributed by atoms with Crippen LogP contribution in [0, 0.1) is 12.7 Å². The molecule has 17 heavy (non-hydrogen) atoms. The number of imidazole rings is 1. The molecule has 0 unspecified atom stereocenters. The van der Waals surface area contributed by atoms with E-state index in [0.29, 0.717) is 5.92 Å². The van der Waals surface area contributed by atoms with Gasteiger partial charge >= 0.3 is 0 Å². The van der Waals surface area contributed by atoms with Gasteiger partial charge in [0.1, 0.15) is 5.82 Å². The predicted octanol–water partition coefficient (Wildman–Crippen LogP) is 2.01. The monoisotopic (exact) mass is 231 g/mol. The maximum absolute atomic E-state index is 13.1. The Kier molecular flexibility index (Phi) is 2.44. The SMILES string of the molecule is Cc1cc(F)ccc1-n1cncc1C1CNC1. The Labute approximate surface area is 99.3 Å². The van der Waals surface area contributed by atoms with Crippen LogP contribution in [0.5, 0.6) is 0 Å². The van der Waals surface area contributed by atoms with Gasteiger partial charge in [0, 0.05) is 36.6 Å². The van der Waals surface area contributed by atoms with Crippen molar-refractivity contribution >= 4 is 0 Å². The first-order chi connectivity index (χ1) is 8.25. The van der Waals surface area contributed by atoms with Crippen molar-refractivity contribution in [3.05, 3.63) is 47.8 Å². The second kappa shape index (κ2) is 3.96. The van der Waals surface area contributed by atoms with Crippen molar-refractivity contribution in [3.8, 4) is 5.69 Å². The highest BCUT2D eigenvalue weighted by Gasteiger charge is 2.23. The number of rotatable bonds is 2. The topological polar surface area (TPSA) is 29.9 Å². The van der Waals surface area contributed by atoms with Crippen molar-refractivity contribution in [2.45, 2.75) is 12.8 Å². The summed E-state index contributed by atoms with van der Waals surface area (Å²) in [6.45, 7) is 3.90. The van der Waals surface area contributed by atoms with E-state index < -0.39 is 0 Å². The molecule has 1 aliphatic heterocycles. The average Bonchev–Trinajstić information content (AvgIpc) is 2.64. The van der Waals surface area contributed by atoms with Crippen LogP contribution in [0.2, 0.25) is 0 Å². The lowest BCUT2D eigenvalue weighted by Gasteiger charge is -2.28. The van der Waals surface area contributed by atoms with E-state index in [-0.39, 0.29) is 5.82 Å². The maximum Gasteiger partial charge on any atom is 0.123 e. The summed E-state index contributed by atoms with van der Waals surface area (Å²) in [4.78, 5) is 4.21. The van der Waals surface area contributed by atoms with E-state index in [9.17, 15) is 4.39 Å². The molecule has 1 aliphatic rings. The van der Waals surface area contributed by atoms with Gasteiger partial charge in [-0.2, -0.15) is 0 Å². The highest BCUT2D eigenvalue weighted by Crippen LogP contribution is 2.24. The molecule has 1 N–H and O–H groups in total. The molecule has 3 rings (SSSR count). The zero-order valence-electron chi connectivity index (χ0n) is 9.65. The lowest BCUT2D eigenvalue weighted by atomic mass is 9.99. The molecule has 0 amide bonds. The van der Waals surface area contributed by atoms with Crippen LogP contribution in [0.25, 0.3) is 5.69 Å². The quantitative estimate of drug-likeness (QED) is 0.856. The molecule has 1 saturated heterocycles. The molecule has 1 aromatic heterocycles. The minimum absolute atomic E-state index is 0.196. The van der Waals surface area contributed by atoms with Crippen molar-refractivity contribution in [1.29, 1.82) is 0 Å². The van der Waals surface area contributed by atoms with Gasteiger partial charge in [-0.25, -0.2) is 9.37 Å². The van der Waals surface area contributed by atoms with Crippen LogP contribution >= 0.6 is 0 Å². The third kappa shape index (κ3) is 1.74. The summed E-state index contributed by atoms with van der Waals surface area (Å²) in [5.74, 6) is 0.320. The summed E-state index contributed by atoms with van der Waals surface area (Å²) in [5, 5.41) is 3.25. The van der Waals surface area contributed by atoms with Crippen molar-refractivity contribution in [3.63, 3.8) is 0 Å². The molecule has 0 radical (unpaired) electrons. The van der Waals surface area contributed by atoms with Crippen LogP contribution in [0.15, 0.2) is 30.7 Å². The van der Waals surface area contributed by atoms with Crippen LogP contribution in [-0.2, 0) is 0 Å². The molecular formula is C13H14FN3. The molecule has 2 heterocycles. The Balaban J connectivity index is 2.05. The molecule has 2 aromatic rings. The summed E-state index contributed by atoms with van der Waals surface area (Å²) < 4.78 is 15.1. The highest BCUT2D eigenvalue weighted by atomic mass is 19.1. The summed E-state index contributed by atoms with van der Waals surface area (Å²) >= 11 is 0. The number of halogens is 1. The number of aromatic nitrogens is 2. The number of hydrogen-bond acceptors (Lipinski definition) is 2. The van der Waals surface area contributed by atoms with E-state index >= 15 is 0 Å². The van der Waals surface area contributed by atoms with Gasteiger partial charge in [-0.3, -0.25) is 0 Å². The Morgan fingerprint density at radius 1 is 1.41 bits per heavy atom. The van der Waals surface area contributed by atoms with Crippen molar-refractivity contribution in [2.24, 2.45) is 0 Å². The first-order valence-electron chi connectivity index (χ1n) is 5.75. The largest absolute Gasteiger partial charge is 0.315 e. The first kappa shape index (κ1) is 10.5. The smallest absolute Gasteiger partial charge is 0.123 e. The zero-order chi connectivity index (χ0) is 11.8. The van der Waals surface area contributed by atoms with E-state index in [0.717, 1.165) is 24.3 Å². The molecule has 0 saturated carbocycles. The molecular weight excluding hydrogens is 217 g/mol. The van der Waals surface area contributed by atoms with Gasteiger partial charge in [0.25, 0.3) is 0 Å². The van der Waals surface area contributed by atoms with Gasteiger partial charge < -0.3 is 9.88 Å². The summed E-state index contributed by atoms with van der Waals surface area (Å²) in [7, 11) is 0. The van der Waals surface area contributed by atoms with Crippen molar-refractivity contribution in [2.75, 3.05) is 13.1 Å². The standard InChI is InChI=1S/C13H14FN3/c1-9-4-11(14)2-3-12(9)17-8-16-7-13(17)10-5-15-6-10/h2-4,7-8,10,15H,5-6H2,1H3. The molecule has 0 spiro atoms. The number of benzene rings is 1. The van der Waals surface area contributed by atoms with Gasteiger partial charge in [-0.15, -0.1) is 0 Å². The average molecular weight is 231 g/mol. The molecule has 3 nitrogen and oxygen atoms in total. The lowest BCUT2D eigenvalue weighted by molar-refractivity contribution is 0.435. The zero-order valence-corrected chi connectivity index (χ0v) is 9.65. The summed E-state index contributed by atoms with van der Waals surface area (Å²) in [6.07, 6.45) is 3.70. The predicted molar refractivity (Wildman–Crippen MR) is 63.9 cm³/mol. The molecule has 4 heteroatoms. The summed E-state index contributed by atoms with van der Waals surface area (Å²) in [6, 6.07) is 4.85. The van der Waals surface area contributed by atoms with E-state index in [1.807, 2.05) is 19.2 Å². The van der Waals surface area contributed by atoms with Crippen LogP contribution in [0.4, 0.5) is 4.39 Å². The molecule has 0 atom stereocenters. The van der Waals surface area contributed by atoms with E-state index in [2.05, 4.69) is 14.9 Å². The molecule has 0 aliphatic carbocycles. The minimum atomic E-state index is -0.196. The minimum Gasteiger partial charge on any atom is -0.315 e. The fraction of sp³-hybridized carbons (Fsp3) is 0.308. The number of nitrogens with one attached hydrogen (secondary N) is 1. The van der Waals surface area contributed by atoms with E-state index in [4.69, 9.17) is 0 Å². The van der Waals surface area contributed by atoms with Gasteiger partial charge in [0.2, 0.25) is 0 Å². The molecule has 1 fully saturated rings. The Morgan fingerprint density at radius 3 is 2.88 bits per heavy atom. The third-order valence-electron chi connectivity index (χ3n) is 3.29. The van der Waals surface area contributed by atoms with Gasteiger partial charge in [-0.1, -0.05) is 0 Å². The van der Waals surface area contributed by atoms with Crippen LogP contribution < -0.4 is 5.32 Å². The third-order valence-corrected chi connectivity index (χ3v) is 3.29. The number of hydrogen-bond donors (Lipinski definition) is 1. The molecule has 88 valence electrons. The van der Waals surface area contributed by atoms with Gasteiger partial charge in [0.15, 0.2) is 0 Å². The maximum atomic E-state index is 13.1. The van der Waals surface area contributed by atoms with Crippen molar-refractivity contribution in [1.82, 2.24) is 14.9 Å². The fourth-order valence-corrected chi connectivity index (χ4v) is 2.20. The van der Waals surface area contributed by atoms with E-state index in [1.165, 1.54) is 11.8 Å². The van der Waals surface area contributed by atoms with Crippen molar-refractivity contribution < 1.29 is 4.39 Å². The number of aryl methyl sites for hydroxylation is 1. The lowest BCUT2D eigenvalue weighted by Crippen LogP contribution is -2.40. The second-order valence-corrected chi connectivity index (χ2v) is 4.47. The molecule has 0 bridgehead atoms. The van der Waals surface area contributed by atoms with Crippen LogP contribution in [0.3, 0.4) is 0 Å². The van der Waals surface area contributed by atoms with Crippen LogP contribution in [-0.4, -0.2) is 22.6 Å². The normalized spacial score (nSPS) is 15.9. The first-order valence-corrected chi connectivity index (χ1v) is 5.75. The van der Waals surface area contributed by atoms with Gasteiger partial charge in [0.05, 0.1) is 6.33 Å². The van der Waals surface area contributed by atoms with E-state index in [1.54, 1.807) is 12.4 Å². The highest BCUT2D eigenvalue weighted by molar-refractivity contribution is 5.42. The fourth-order valence-electron chi connectivity index (χ4n) is 2.20.